The summed E-state index contributed by atoms with van der Waals surface area (Å²) in [5.74, 6) is 0. The molecule has 2 N–H and O–H groups in total. The Hall–Kier alpha value is -1.20. The van der Waals surface area contributed by atoms with E-state index < -0.39 is 0 Å². The molecule has 0 radical (unpaired) electrons. The van der Waals surface area contributed by atoms with Crippen LogP contribution < -0.4 is 10.5 Å². The Bertz CT molecular complexity index is 255. The predicted molar refractivity (Wildman–Crippen MR) is 47.3 cm³/mol. The molecule has 5 heteroatoms. The smallest absolute Gasteiger partial charge is 0.316 e. The first-order valence-electron chi connectivity index (χ1n) is 4.00. The second-order valence-electron chi connectivity index (χ2n) is 2.38. The van der Waals surface area contributed by atoms with Gasteiger partial charge in [0, 0.05) is 19.9 Å². The van der Waals surface area contributed by atoms with Crippen LogP contribution in [0.5, 0.6) is 6.01 Å². The lowest BCUT2D eigenvalue weighted by Gasteiger charge is -2.03. The van der Waals surface area contributed by atoms with Crippen molar-refractivity contribution in [2.24, 2.45) is 5.73 Å². The van der Waals surface area contributed by atoms with Crippen molar-refractivity contribution >= 4 is 0 Å². The van der Waals surface area contributed by atoms with Crippen LogP contribution in [0.1, 0.15) is 5.69 Å². The first-order valence-corrected chi connectivity index (χ1v) is 4.00. The highest BCUT2D eigenvalue weighted by atomic mass is 16.5. The SMILES string of the molecule is COCCOc1nccc(CN)n1. The van der Waals surface area contributed by atoms with E-state index in [0.717, 1.165) is 5.69 Å². The van der Waals surface area contributed by atoms with E-state index in [4.69, 9.17) is 15.2 Å². The molecule has 1 heterocycles. The van der Waals surface area contributed by atoms with E-state index in [1.807, 2.05) is 0 Å². The van der Waals surface area contributed by atoms with Gasteiger partial charge in [-0.3, -0.25) is 0 Å². The van der Waals surface area contributed by atoms with Crippen molar-refractivity contribution in [3.8, 4) is 6.01 Å². The van der Waals surface area contributed by atoms with Crippen LogP contribution in [-0.4, -0.2) is 30.3 Å². The van der Waals surface area contributed by atoms with Gasteiger partial charge in [-0.05, 0) is 6.07 Å². The summed E-state index contributed by atoms with van der Waals surface area (Å²) in [4.78, 5) is 7.96. The fourth-order valence-electron chi connectivity index (χ4n) is 0.776. The minimum absolute atomic E-state index is 0.347. The Morgan fingerprint density at radius 2 is 2.31 bits per heavy atom. The molecule has 0 aromatic carbocycles. The van der Waals surface area contributed by atoms with E-state index >= 15 is 0 Å². The lowest BCUT2D eigenvalue weighted by molar-refractivity contribution is 0.140. The first kappa shape index (κ1) is 9.88. The molecule has 1 rings (SSSR count). The molecule has 0 saturated carbocycles. The molecule has 1 aromatic rings. The molecule has 0 amide bonds. The van der Waals surface area contributed by atoms with Crippen LogP contribution in [0.2, 0.25) is 0 Å². The Morgan fingerprint density at radius 1 is 1.46 bits per heavy atom. The van der Waals surface area contributed by atoms with Gasteiger partial charge >= 0.3 is 6.01 Å². The van der Waals surface area contributed by atoms with Crippen molar-refractivity contribution in [3.05, 3.63) is 18.0 Å². The summed E-state index contributed by atoms with van der Waals surface area (Å²) in [6, 6.07) is 2.10. The van der Waals surface area contributed by atoms with Crippen LogP contribution in [0.3, 0.4) is 0 Å². The van der Waals surface area contributed by atoms with Crippen molar-refractivity contribution in [1.29, 1.82) is 0 Å². The van der Waals surface area contributed by atoms with Gasteiger partial charge in [0.1, 0.15) is 6.61 Å². The van der Waals surface area contributed by atoms with E-state index in [9.17, 15) is 0 Å². The minimum atomic E-state index is 0.347. The fourth-order valence-corrected chi connectivity index (χ4v) is 0.776. The highest BCUT2D eigenvalue weighted by molar-refractivity contribution is 5.04. The molecule has 0 atom stereocenters. The van der Waals surface area contributed by atoms with Crippen LogP contribution in [-0.2, 0) is 11.3 Å². The second-order valence-corrected chi connectivity index (χ2v) is 2.38. The molecule has 13 heavy (non-hydrogen) atoms. The molecule has 0 spiro atoms. The quantitative estimate of drug-likeness (QED) is 0.648. The van der Waals surface area contributed by atoms with E-state index in [-0.39, 0.29) is 0 Å². The number of hydrogen-bond acceptors (Lipinski definition) is 5. The zero-order chi connectivity index (χ0) is 9.52. The van der Waals surface area contributed by atoms with Crippen molar-refractivity contribution < 1.29 is 9.47 Å². The predicted octanol–water partition coefficient (Wildman–Crippen LogP) is -0.0395. The molecule has 0 saturated heterocycles. The third-order valence-electron chi connectivity index (χ3n) is 1.42. The van der Waals surface area contributed by atoms with Crippen LogP contribution in [0.4, 0.5) is 0 Å². The summed E-state index contributed by atoms with van der Waals surface area (Å²) >= 11 is 0. The standard InChI is InChI=1S/C8H13N3O2/c1-12-4-5-13-8-10-3-2-7(6-9)11-8/h2-3H,4-6,9H2,1H3. The number of nitrogens with two attached hydrogens (primary N) is 1. The highest BCUT2D eigenvalue weighted by Gasteiger charge is 1.97. The first-order chi connectivity index (χ1) is 6.36. The molecule has 0 aliphatic heterocycles. The Kier molecular flexibility index (Phi) is 4.14. The third kappa shape index (κ3) is 3.35. The number of hydrogen-bond donors (Lipinski definition) is 1. The molecule has 0 bridgehead atoms. The van der Waals surface area contributed by atoms with Gasteiger partial charge in [0.15, 0.2) is 0 Å². The van der Waals surface area contributed by atoms with Crippen molar-refractivity contribution in [1.82, 2.24) is 9.97 Å². The normalized spacial score (nSPS) is 10.0. The van der Waals surface area contributed by atoms with Crippen LogP contribution >= 0.6 is 0 Å². The lowest BCUT2D eigenvalue weighted by atomic mass is 10.4. The van der Waals surface area contributed by atoms with Gasteiger partial charge in [0.2, 0.25) is 0 Å². The zero-order valence-corrected chi connectivity index (χ0v) is 7.56. The molecule has 72 valence electrons. The van der Waals surface area contributed by atoms with Crippen molar-refractivity contribution in [2.45, 2.75) is 6.54 Å². The topological polar surface area (TPSA) is 70.3 Å². The number of nitrogens with zero attached hydrogens (tertiary/aromatic N) is 2. The average molecular weight is 183 g/mol. The van der Waals surface area contributed by atoms with Gasteiger partial charge in [-0.25, -0.2) is 4.98 Å². The maximum atomic E-state index is 5.40. The van der Waals surface area contributed by atoms with Gasteiger partial charge in [0.05, 0.1) is 12.3 Å². The molecular weight excluding hydrogens is 170 g/mol. The fraction of sp³-hybridized carbons (Fsp3) is 0.500. The zero-order valence-electron chi connectivity index (χ0n) is 7.56. The van der Waals surface area contributed by atoms with E-state index in [1.165, 1.54) is 0 Å². The number of rotatable bonds is 5. The number of aromatic nitrogens is 2. The Morgan fingerprint density at radius 3 is 3.00 bits per heavy atom. The summed E-state index contributed by atoms with van der Waals surface area (Å²) < 4.78 is 10.0. The van der Waals surface area contributed by atoms with Gasteiger partial charge in [-0.1, -0.05) is 0 Å². The van der Waals surface area contributed by atoms with Crippen LogP contribution in [0, 0.1) is 0 Å². The van der Waals surface area contributed by atoms with Crippen LogP contribution in [0.25, 0.3) is 0 Å². The van der Waals surface area contributed by atoms with Gasteiger partial charge in [0.25, 0.3) is 0 Å². The maximum Gasteiger partial charge on any atom is 0.316 e. The highest BCUT2D eigenvalue weighted by Crippen LogP contribution is 2.01. The van der Waals surface area contributed by atoms with E-state index in [0.29, 0.717) is 25.8 Å². The molecule has 0 aliphatic rings. The average Bonchev–Trinajstić information content (AvgIpc) is 2.19. The van der Waals surface area contributed by atoms with Crippen LogP contribution in [0.15, 0.2) is 12.3 Å². The summed E-state index contributed by atoms with van der Waals surface area (Å²) in [7, 11) is 1.61. The van der Waals surface area contributed by atoms with Gasteiger partial charge < -0.3 is 15.2 Å². The summed E-state index contributed by atoms with van der Waals surface area (Å²) in [5.41, 5.74) is 6.17. The molecule has 1 aromatic heterocycles. The summed E-state index contributed by atoms with van der Waals surface area (Å²) in [6.07, 6.45) is 1.62. The molecular formula is C8H13N3O2. The maximum absolute atomic E-state index is 5.40. The number of methoxy groups -OCH3 is 1. The third-order valence-corrected chi connectivity index (χ3v) is 1.42. The van der Waals surface area contributed by atoms with Gasteiger partial charge in [-0.15, -0.1) is 0 Å². The van der Waals surface area contributed by atoms with Crippen molar-refractivity contribution in [2.75, 3.05) is 20.3 Å². The molecule has 5 nitrogen and oxygen atoms in total. The largest absolute Gasteiger partial charge is 0.461 e. The Balaban J connectivity index is 2.46. The second kappa shape index (κ2) is 5.45. The van der Waals surface area contributed by atoms with E-state index in [2.05, 4.69) is 9.97 Å². The Labute approximate surface area is 76.9 Å². The summed E-state index contributed by atoms with van der Waals surface area (Å²) in [6.45, 7) is 1.36. The summed E-state index contributed by atoms with van der Waals surface area (Å²) in [5, 5.41) is 0. The molecule has 0 fully saturated rings. The number of ether oxygens (including phenoxy) is 2. The molecule has 0 unspecified atom stereocenters. The van der Waals surface area contributed by atoms with E-state index in [1.54, 1.807) is 19.4 Å². The minimum Gasteiger partial charge on any atom is -0.461 e. The van der Waals surface area contributed by atoms with Gasteiger partial charge in [-0.2, -0.15) is 4.98 Å². The lowest BCUT2D eigenvalue weighted by Crippen LogP contribution is -2.08. The van der Waals surface area contributed by atoms with Crippen molar-refractivity contribution in [3.63, 3.8) is 0 Å². The monoisotopic (exact) mass is 183 g/mol. The molecule has 0 aliphatic carbocycles.